The number of aliphatic hydroxyl groups is 1. The maximum Gasteiger partial charge on any atom is 0.268 e. The Hall–Kier alpha value is -2.45. The van der Waals surface area contributed by atoms with Crippen LogP contribution in [0.1, 0.15) is 16.9 Å². The van der Waals surface area contributed by atoms with Crippen LogP contribution in [0.3, 0.4) is 0 Å². The van der Waals surface area contributed by atoms with Crippen LogP contribution in [-0.2, 0) is 0 Å². The number of carbonyl (C=O) groups excluding carboxylic acids is 1. The van der Waals surface area contributed by atoms with E-state index in [1.54, 1.807) is 6.07 Å². The molecule has 1 amide bonds. The molecule has 8 heteroatoms. The molecule has 6 nitrogen and oxygen atoms in total. The van der Waals surface area contributed by atoms with Crippen LogP contribution >= 0.6 is 12.4 Å². The molecule has 1 aromatic heterocycles. The lowest BCUT2D eigenvalue weighted by atomic mass is 10.0. The van der Waals surface area contributed by atoms with Gasteiger partial charge in [0.05, 0.1) is 0 Å². The van der Waals surface area contributed by atoms with Gasteiger partial charge in [0.25, 0.3) is 5.91 Å². The van der Waals surface area contributed by atoms with Crippen molar-refractivity contribution in [2.45, 2.75) is 12.5 Å². The number of H-pyrrole nitrogens is 1. The molecule has 0 aliphatic heterocycles. The van der Waals surface area contributed by atoms with Gasteiger partial charge >= 0.3 is 0 Å². The first-order valence-electron chi connectivity index (χ1n) is 9.24. The first-order chi connectivity index (χ1) is 13.5. The molecule has 0 bridgehead atoms. The van der Waals surface area contributed by atoms with Gasteiger partial charge in [0.15, 0.2) is 0 Å². The van der Waals surface area contributed by atoms with E-state index in [0.29, 0.717) is 35.1 Å². The van der Waals surface area contributed by atoms with Gasteiger partial charge in [-0.3, -0.25) is 4.79 Å². The van der Waals surface area contributed by atoms with E-state index in [2.05, 4.69) is 10.3 Å². The predicted molar refractivity (Wildman–Crippen MR) is 115 cm³/mol. The minimum atomic E-state index is -0.366. The quantitative estimate of drug-likeness (QED) is 0.384. The summed E-state index contributed by atoms with van der Waals surface area (Å²) < 4.78 is 13.8. The number of hydrogen-bond acceptors (Lipinski definition) is 4. The minimum Gasteiger partial charge on any atom is -0.396 e. The monoisotopic (exact) mass is 420 g/mol. The van der Waals surface area contributed by atoms with E-state index in [1.807, 2.05) is 30.3 Å². The molecule has 0 radical (unpaired) electrons. The van der Waals surface area contributed by atoms with E-state index in [-0.39, 0.29) is 49.2 Å². The largest absolute Gasteiger partial charge is 0.396 e. The first-order valence-corrected chi connectivity index (χ1v) is 9.24. The Kier molecular flexibility index (Phi) is 8.16. The van der Waals surface area contributed by atoms with Gasteiger partial charge < -0.3 is 26.9 Å². The number of rotatable bonds is 8. The zero-order valence-corrected chi connectivity index (χ0v) is 16.7. The minimum absolute atomic E-state index is 0. The number of hydrogen-bond donors (Lipinski definition) is 5. The van der Waals surface area contributed by atoms with E-state index in [0.717, 1.165) is 5.56 Å². The summed E-state index contributed by atoms with van der Waals surface area (Å²) >= 11 is 0. The second-order valence-electron chi connectivity index (χ2n) is 6.92. The highest BCUT2D eigenvalue weighted by atomic mass is 35.5. The Labute approximate surface area is 174 Å². The van der Waals surface area contributed by atoms with Gasteiger partial charge in [0, 0.05) is 35.7 Å². The van der Waals surface area contributed by atoms with E-state index >= 15 is 0 Å². The molecule has 156 valence electrons. The van der Waals surface area contributed by atoms with Crippen LogP contribution in [-0.4, -0.2) is 41.7 Å². The summed E-state index contributed by atoms with van der Waals surface area (Å²) in [6.07, 6.45) is 0.511. The summed E-state index contributed by atoms with van der Waals surface area (Å²) in [4.78, 5) is 16.0. The average Bonchev–Trinajstić information content (AvgIpc) is 3.09. The molecule has 2 aromatic carbocycles. The van der Waals surface area contributed by atoms with Gasteiger partial charge in [-0.05, 0) is 42.6 Å². The topological polar surface area (TPSA) is 117 Å². The summed E-state index contributed by atoms with van der Waals surface area (Å²) in [6, 6.07) is 13.4. The zero-order valence-electron chi connectivity index (χ0n) is 15.9. The Morgan fingerprint density at radius 2 is 1.93 bits per heavy atom. The lowest BCUT2D eigenvalue weighted by Crippen LogP contribution is -2.40. The second-order valence-corrected chi connectivity index (χ2v) is 6.92. The lowest BCUT2D eigenvalue weighted by molar-refractivity contribution is 0.0946. The Balaban J connectivity index is 0.00000300. The highest BCUT2D eigenvalue weighted by Crippen LogP contribution is 2.32. The average molecular weight is 421 g/mol. The summed E-state index contributed by atoms with van der Waals surface area (Å²) in [5.74, 6) is -0.781. The smallest absolute Gasteiger partial charge is 0.268 e. The Morgan fingerprint density at radius 1 is 1.21 bits per heavy atom. The molecule has 0 spiro atoms. The third-order valence-corrected chi connectivity index (χ3v) is 4.80. The molecule has 0 aliphatic carbocycles. The van der Waals surface area contributed by atoms with Gasteiger partial charge in [-0.1, -0.05) is 30.3 Å². The van der Waals surface area contributed by atoms with Gasteiger partial charge in [0.2, 0.25) is 0 Å². The van der Waals surface area contributed by atoms with Gasteiger partial charge in [-0.25, -0.2) is 4.39 Å². The molecule has 1 unspecified atom stereocenters. The van der Waals surface area contributed by atoms with Crippen molar-refractivity contribution in [3.8, 4) is 11.1 Å². The first kappa shape index (κ1) is 22.8. The number of halogens is 2. The predicted octanol–water partition coefficient (Wildman–Crippen LogP) is 2.41. The molecule has 0 aliphatic rings. The van der Waals surface area contributed by atoms with E-state index in [1.165, 1.54) is 12.1 Å². The van der Waals surface area contributed by atoms with Crippen LogP contribution in [0.4, 0.5) is 4.39 Å². The normalized spacial score (nSPS) is 13.0. The number of aromatic amines is 1. The van der Waals surface area contributed by atoms with Crippen molar-refractivity contribution in [2.75, 3.05) is 19.7 Å². The summed E-state index contributed by atoms with van der Waals surface area (Å²) in [5.41, 5.74) is 14.1. The molecular weight excluding hydrogens is 395 g/mol. The molecule has 0 saturated heterocycles. The third-order valence-electron chi connectivity index (χ3n) is 4.80. The molecule has 3 aromatic rings. The van der Waals surface area contributed by atoms with Gasteiger partial charge in [0.1, 0.15) is 11.5 Å². The maximum absolute atomic E-state index is 13.8. The molecule has 3 rings (SSSR count). The summed E-state index contributed by atoms with van der Waals surface area (Å²) in [7, 11) is 0. The van der Waals surface area contributed by atoms with Crippen molar-refractivity contribution in [3.63, 3.8) is 0 Å². The van der Waals surface area contributed by atoms with Crippen LogP contribution < -0.4 is 16.8 Å². The van der Waals surface area contributed by atoms with Crippen molar-refractivity contribution in [3.05, 3.63) is 60.0 Å². The van der Waals surface area contributed by atoms with E-state index < -0.39 is 0 Å². The van der Waals surface area contributed by atoms with Crippen LogP contribution in [0, 0.1) is 11.7 Å². The number of nitrogens with two attached hydrogens (primary N) is 2. The number of nitrogens with one attached hydrogen (secondary N) is 2. The van der Waals surface area contributed by atoms with Crippen molar-refractivity contribution in [1.82, 2.24) is 10.3 Å². The number of fused-ring (bicyclic) bond motifs is 1. The maximum atomic E-state index is 13.8. The number of aliphatic hydroxyl groups excluding tert-OH is 1. The van der Waals surface area contributed by atoms with Crippen LogP contribution in [0.5, 0.6) is 0 Å². The molecule has 0 saturated carbocycles. The van der Waals surface area contributed by atoms with Crippen LogP contribution in [0.25, 0.3) is 22.0 Å². The SMILES string of the molecule is Cl.NCC(CO)C[C@@H](N)CNC(=O)c1[nH]c2ccc(F)cc2c1-c1ccccc1. The third kappa shape index (κ3) is 5.33. The fourth-order valence-corrected chi connectivity index (χ4v) is 3.31. The van der Waals surface area contributed by atoms with Gasteiger partial charge in [-0.2, -0.15) is 0 Å². The highest BCUT2D eigenvalue weighted by molar-refractivity contribution is 6.09. The fraction of sp³-hybridized carbons (Fsp3) is 0.286. The van der Waals surface area contributed by atoms with Crippen LogP contribution in [0.15, 0.2) is 48.5 Å². The van der Waals surface area contributed by atoms with Gasteiger partial charge in [-0.15, -0.1) is 12.4 Å². The van der Waals surface area contributed by atoms with Crippen molar-refractivity contribution >= 4 is 29.2 Å². The molecule has 7 N–H and O–H groups in total. The molecule has 2 atom stereocenters. The number of benzene rings is 2. The van der Waals surface area contributed by atoms with Crippen molar-refractivity contribution < 1.29 is 14.3 Å². The van der Waals surface area contributed by atoms with E-state index in [9.17, 15) is 14.3 Å². The van der Waals surface area contributed by atoms with Crippen molar-refractivity contribution in [1.29, 1.82) is 0 Å². The summed E-state index contributed by atoms with van der Waals surface area (Å²) in [5, 5.41) is 12.7. The van der Waals surface area contributed by atoms with Crippen molar-refractivity contribution in [2.24, 2.45) is 17.4 Å². The standard InChI is InChI=1S/C21H25FN4O2.ClH/c22-15-6-7-18-17(9-15)19(14-4-2-1-3-5-14)20(26-18)21(28)25-11-16(24)8-13(10-23)12-27;/h1-7,9,13,16,26-27H,8,10-12,23-24H2,(H,25,28);1H/t13?,16-;/m1./s1. The Bertz CT molecular complexity index is 945. The molecule has 0 fully saturated rings. The highest BCUT2D eigenvalue weighted by Gasteiger charge is 2.20. The number of amides is 1. The number of carbonyl (C=O) groups is 1. The molecule has 29 heavy (non-hydrogen) atoms. The van der Waals surface area contributed by atoms with E-state index in [4.69, 9.17) is 11.5 Å². The molecular formula is C21H26ClFN4O2. The van der Waals surface area contributed by atoms with Crippen LogP contribution in [0.2, 0.25) is 0 Å². The lowest BCUT2D eigenvalue weighted by Gasteiger charge is -2.18. The summed E-state index contributed by atoms with van der Waals surface area (Å²) in [6.45, 7) is 0.543. The Morgan fingerprint density at radius 3 is 2.59 bits per heavy atom. The number of aromatic nitrogens is 1. The molecule has 1 heterocycles. The zero-order chi connectivity index (χ0) is 20.1. The fourth-order valence-electron chi connectivity index (χ4n) is 3.31. The second kappa shape index (κ2) is 10.4.